The number of ether oxygens (including phenoxy) is 3. The monoisotopic (exact) mass is 564 g/mol. The first-order valence-electron chi connectivity index (χ1n) is 11.6. The van der Waals surface area contributed by atoms with E-state index in [9.17, 15) is 4.79 Å². The van der Waals surface area contributed by atoms with Crippen molar-refractivity contribution in [3.63, 3.8) is 0 Å². The van der Waals surface area contributed by atoms with Crippen molar-refractivity contribution in [1.82, 2.24) is 4.90 Å². The number of benzene rings is 3. The van der Waals surface area contributed by atoms with Crippen LogP contribution in [0, 0.1) is 0 Å². The van der Waals surface area contributed by atoms with Crippen molar-refractivity contribution in [3.8, 4) is 11.5 Å². The van der Waals surface area contributed by atoms with E-state index in [0.29, 0.717) is 29.4 Å². The molecule has 0 spiro atoms. The van der Waals surface area contributed by atoms with E-state index in [0.717, 1.165) is 26.2 Å². The summed E-state index contributed by atoms with van der Waals surface area (Å²) in [5.74, 6) is 0.795. The maximum atomic E-state index is 13.0. The fourth-order valence-electron chi connectivity index (χ4n) is 4.50. The first kappa shape index (κ1) is 24.5. The Balaban J connectivity index is 1.51. The molecule has 2 aliphatic heterocycles. The SMILES string of the molecule is CCOC(=O)C1=C(C)N=C2SC=CN2[C@H]1c1cc(Br)c(OCc2cccc3ccccc23)c(OC)c1. The zero-order chi connectivity index (χ0) is 25.2. The lowest BCUT2D eigenvalue weighted by Crippen LogP contribution is -2.34. The van der Waals surface area contributed by atoms with Crippen LogP contribution in [0.4, 0.5) is 0 Å². The number of esters is 1. The molecule has 36 heavy (non-hydrogen) atoms. The minimum absolute atomic E-state index is 0.289. The molecule has 0 aliphatic carbocycles. The fraction of sp³-hybridized carbons (Fsp3) is 0.214. The summed E-state index contributed by atoms with van der Waals surface area (Å²) in [6.07, 6.45) is 1.94. The normalized spacial score (nSPS) is 16.7. The Kier molecular flexibility index (Phi) is 7.07. The van der Waals surface area contributed by atoms with Gasteiger partial charge in [0.15, 0.2) is 16.7 Å². The van der Waals surface area contributed by atoms with E-state index < -0.39 is 6.04 Å². The third-order valence-electron chi connectivity index (χ3n) is 6.14. The molecule has 3 aromatic rings. The summed E-state index contributed by atoms with van der Waals surface area (Å²) in [7, 11) is 1.61. The Morgan fingerprint density at radius 3 is 2.78 bits per heavy atom. The van der Waals surface area contributed by atoms with Gasteiger partial charge in [-0.15, -0.1) is 0 Å². The number of allylic oxidation sites excluding steroid dienone is 1. The van der Waals surface area contributed by atoms with Gasteiger partial charge in [-0.05, 0) is 69.2 Å². The highest BCUT2D eigenvalue weighted by Crippen LogP contribution is 2.45. The number of nitrogens with zero attached hydrogens (tertiary/aromatic N) is 2. The van der Waals surface area contributed by atoms with Gasteiger partial charge >= 0.3 is 5.97 Å². The number of thioether (sulfide) groups is 1. The van der Waals surface area contributed by atoms with Crippen molar-refractivity contribution in [2.75, 3.05) is 13.7 Å². The Morgan fingerprint density at radius 2 is 1.97 bits per heavy atom. The van der Waals surface area contributed by atoms with Crippen LogP contribution < -0.4 is 9.47 Å². The van der Waals surface area contributed by atoms with Gasteiger partial charge in [0.25, 0.3) is 0 Å². The van der Waals surface area contributed by atoms with Crippen LogP contribution in [0.1, 0.15) is 31.0 Å². The second-order valence-electron chi connectivity index (χ2n) is 8.29. The molecule has 3 aromatic carbocycles. The Labute approximate surface area is 222 Å². The summed E-state index contributed by atoms with van der Waals surface area (Å²) in [6, 6.07) is 17.9. The minimum atomic E-state index is -0.403. The van der Waals surface area contributed by atoms with Crippen molar-refractivity contribution < 1.29 is 19.0 Å². The molecule has 0 amide bonds. The third kappa shape index (κ3) is 4.51. The Hall–Kier alpha value is -3.23. The van der Waals surface area contributed by atoms with Crippen LogP contribution in [0.25, 0.3) is 10.8 Å². The summed E-state index contributed by atoms with van der Waals surface area (Å²) in [5.41, 5.74) is 3.10. The number of amidine groups is 1. The molecule has 0 unspecified atom stereocenters. The molecule has 0 saturated carbocycles. The van der Waals surface area contributed by atoms with Crippen LogP contribution in [0.5, 0.6) is 11.5 Å². The van der Waals surface area contributed by atoms with Crippen LogP contribution in [0.15, 0.2) is 86.9 Å². The molecule has 8 heteroatoms. The predicted molar refractivity (Wildman–Crippen MR) is 147 cm³/mol. The largest absolute Gasteiger partial charge is 0.493 e. The van der Waals surface area contributed by atoms with Crippen LogP contribution in [0.2, 0.25) is 0 Å². The standard InChI is InChI=1S/C28H25BrN2O4S/c1-4-34-27(32)24-17(2)30-28-31(12-13-36-28)25(24)20-14-22(29)26(23(15-20)33-3)35-16-19-10-7-9-18-8-5-6-11-21(18)19/h5-15,25H,4,16H2,1-3H3/t25-/m0/s1. The number of halogens is 1. The molecule has 0 fully saturated rings. The van der Waals surface area contributed by atoms with Crippen molar-refractivity contribution in [3.05, 3.63) is 93.1 Å². The quantitative estimate of drug-likeness (QED) is 0.289. The van der Waals surface area contributed by atoms with Crippen molar-refractivity contribution in [2.45, 2.75) is 26.5 Å². The molecule has 184 valence electrons. The second kappa shape index (κ2) is 10.4. The van der Waals surface area contributed by atoms with E-state index >= 15 is 0 Å². The van der Waals surface area contributed by atoms with Gasteiger partial charge in [-0.25, -0.2) is 9.79 Å². The Bertz CT molecular complexity index is 1430. The molecule has 0 radical (unpaired) electrons. The Morgan fingerprint density at radius 1 is 1.17 bits per heavy atom. The van der Waals surface area contributed by atoms with Gasteiger partial charge in [0.1, 0.15) is 6.61 Å². The van der Waals surface area contributed by atoms with E-state index in [1.807, 2.05) is 53.8 Å². The van der Waals surface area contributed by atoms with Crippen LogP contribution in [-0.2, 0) is 16.1 Å². The molecule has 2 aliphatic rings. The highest BCUT2D eigenvalue weighted by molar-refractivity contribution is 9.10. The molecule has 0 bridgehead atoms. The maximum absolute atomic E-state index is 13.0. The number of methoxy groups -OCH3 is 1. The van der Waals surface area contributed by atoms with E-state index in [1.165, 1.54) is 17.1 Å². The van der Waals surface area contributed by atoms with Gasteiger partial charge in [-0.1, -0.05) is 54.2 Å². The first-order chi connectivity index (χ1) is 17.5. The van der Waals surface area contributed by atoms with Gasteiger partial charge in [0, 0.05) is 6.20 Å². The van der Waals surface area contributed by atoms with Gasteiger partial charge < -0.3 is 19.1 Å². The topological polar surface area (TPSA) is 60.4 Å². The summed E-state index contributed by atoms with van der Waals surface area (Å²) >= 11 is 5.22. The summed E-state index contributed by atoms with van der Waals surface area (Å²) in [6.45, 7) is 4.32. The smallest absolute Gasteiger partial charge is 0.338 e. The number of hydrogen-bond donors (Lipinski definition) is 0. The summed E-state index contributed by atoms with van der Waals surface area (Å²) in [5, 5.41) is 5.09. The first-order valence-corrected chi connectivity index (χ1v) is 13.2. The minimum Gasteiger partial charge on any atom is -0.493 e. The van der Waals surface area contributed by atoms with Crippen LogP contribution in [0.3, 0.4) is 0 Å². The average Bonchev–Trinajstić information content (AvgIpc) is 3.34. The molecule has 1 atom stereocenters. The number of aliphatic imine (C=N–C) groups is 1. The molecule has 6 nitrogen and oxygen atoms in total. The number of carbonyl (C=O) groups is 1. The van der Waals surface area contributed by atoms with E-state index in [-0.39, 0.29) is 12.6 Å². The van der Waals surface area contributed by atoms with Crippen molar-refractivity contribution in [1.29, 1.82) is 0 Å². The fourth-order valence-corrected chi connectivity index (χ4v) is 5.87. The highest BCUT2D eigenvalue weighted by atomic mass is 79.9. The van der Waals surface area contributed by atoms with Crippen LogP contribution >= 0.6 is 27.7 Å². The van der Waals surface area contributed by atoms with Gasteiger partial charge in [-0.3, -0.25) is 0 Å². The van der Waals surface area contributed by atoms with Crippen LogP contribution in [-0.4, -0.2) is 29.8 Å². The molecule has 0 aromatic heterocycles. The summed E-state index contributed by atoms with van der Waals surface area (Å²) in [4.78, 5) is 19.6. The lowest BCUT2D eigenvalue weighted by molar-refractivity contribution is -0.139. The molecular formula is C28H25BrN2O4S. The third-order valence-corrected chi connectivity index (χ3v) is 7.50. The average molecular weight is 565 g/mol. The predicted octanol–water partition coefficient (Wildman–Crippen LogP) is 6.96. The van der Waals surface area contributed by atoms with Gasteiger partial charge in [0.2, 0.25) is 0 Å². The lowest BCUT2D eigenvalue weighted by Gasteiger charge is -2.33. The van der Waals surface area contributed by atoms with E-state index in [4.69, 9.17) is 14.2 Å². The molecular weight excluding hydrogens is 540 g/mol. The van der Waals surface area contributed by atoms with Gasteiger partial charge in [-0.2, -0.15) is 0 Å². The number of hydrogen-bond acceptors (Lipinski definition) is 7. The maximum Gasteiger partial charge on any atom is 0.338 e. The zero-order valence-corrected chi connectivity index (χ0v) is 22.6. The van der Waals surface area contributed by atoms with Gasteiger partial charge in [0.05, 0.1) is 35.5 Å². The lowest BCUT2D eigenvalue weighted by atomic mass is 9.94. The van der Waals surface area contributed by atoms with Crippen molar-refractivity contribution >= 4 is 49.6 Å². The van der Waals surface area contributed by atoms with E-state index in [1.54, 1.807) is 14.0 Å². The number of fused-ring (bicyclic) bond motifs is 2. The highest BCUT2D eigenvalue weighted by Gasteiger charge is 2.38. The zero-order valence-electron chi connectivity index (χ0n) is 20.2. The number of rotatable bonds is 7. The van der Waals surface area contributed by atoms with E-state index in [2.05, 4.69) is 45.2 Å². The number of carbonyl (C=O) groups excluding carboxylic acids is 1. The molecule has 2 heterocycles. The second-order valence-corrected chi connectivity index (χ2v) is 10.0. The molecule has 0 N–H and O–H groups in total. The van der Waals surface area contributed by atoms with Crippen molar-refractivity contribution in [2.24, 2.45) is 4.99 Å². The molecule has 5 rings (SSSR count). The molecule has 0 saturated heterocycles. The summed E-state index contributed by atoms with van der Waals surface area (Å²) < 4.78 is 18.2.